The smallest absolute Gasteiger partial charge is 0.387 e. The molecule has 2 aromatic rings. The second-order valence-electron chi connectivity index (χ2n) is 4.84. The summed E-state index contributed by atoms with van der Waals surface area (Å²) in [5.41, 5.74) is 0.0726. The summed E-state index contributed by atoms with van der Waals surface area (Å²) in [7, 11) is 1.37. The lowest BCUT2D eigenvalue weighted by atomic mass is 10.2. The van der Waals surface area contributed by atoms with Crippen LogP contribution in [0.4, 0.5) is 14.5 Å². The number of hydrogen-bond acceptors (Lipinski definition) is 5. The number of methoxy groups -OCH3 is 1. The van der Waals surface area contributed by atoms with Gasteiger partial charge in [0, 0.05) is 5.02 Å². The van der Waals surface area contributed by atoms with Crippen LogP contribution in [0.3, 0.4) is 0 Å². The van der Waals surface area contributed by atoms with Crippen LogP contribution in [-0.2, 0) is 9.53 Å². The molecule has 1 N–H and O–H groups in total. The minimum atomic E-state index is -3.04. The molecule has 0 spiro atoms. The SMILES string of the molecule is COc1ccc(Cl)cc1C(=O)OCC(=O)Nc1ccccc1OC(F)F. The van der Waals surface area contributed by atoms with Crippen LogP contribution in [0.5, 0.6) is 11.5 Å². The molecule has 0 heterocycles. The molecule has 0 saturated carbocycles. The fraction of sp³-hybridized carbons (Fsp3) is 0.176. The van der Waals surface area contributed by atoms with Crippen LogP contribution in [0, 0.1) is 0 Å². The van der Waals surface area contributed by atoms with Crippen LogP contribution in [-0.4, -0.2) is 32.2 Å². The molecule has 0 unspecified atom stereocenters. The van der Waals surface area contributed by atoms with E-state index in [1.54, 1.807) is 0 Å². The van der Waals surface area contributed by atoms with Crippen molar-refractivity contribution in [1.29, 1.82) is 0 Å². The third-order valence-corrected chi connectivity index (χ3v) is 3.33. The molecule has 0 aliphatic heterocycles. The Morgan fingerprint density at radius 3 is 2.58 bits per heavy atom. The molecule has 0 bridgehead atoms. The van der Waals surface area contributed by atoms with Gasteiger partial charge in [0.2, 0.25) is 0 Å². The van der Waals surface area contributed by atoms with Crippen LogP contribution in [0.25, 0.3) is 0 Å². The third-order valence-electron chi connectivity index (χ3n) is 3.09. The second-order valence-corrected chi connectivity index (χ2v) is 5.28. The average Bonchev–Trinajstić information content (AvgIpc) is 2.61. The quantitative estimate of drug-likeness (QED) is 0.735. The van der Waals surface area contributed by atoms with Crippen molar-refractivity contribution in [3.05, 3.63) is 53.1 Å². The number of para-hydroxylation sites is 2. The molecule has 26 heavy (non-hydrogen) atoms. The van der Waals surface area contributed by atoms with Gasteiger partial charge in [-0.05, 0) is 30.3 Å². The number of anilines is 1. The van der Waals surface area contributed by atoms with E-state index in [4.69, 9.17) is 21.1 Å². The van der Waals surface area contributed by atoms with Crippen molar-refractivity contribution >= 4 is 29.2 Å². The normalized spacial score (nSPS) is 10.3. The van der Waals surface area contributed by atoms with Crippen molar-refractivity contribution in [3.8, 4) is 11.5 Å². The Balaban J connectivity index is 1.99. The molecular formula is C17H14ClF2NO5. The Morgan fingerprint density at radius 1 is 1.15 bits per heavy atom. The number of amides is 1. The Bertz CT molecular complexity index is 800. The Morgan fingerprint density at radius 2 is 1.88 bits per heavy atom. The lowest BCUT2D eigenvalue weighted by Gasteiger charge is -2.12. The summed E-state index contributed by atoms with van der Waals surface area (Å²) in [6, 6.07) is 9.99. The van der Waals surface area contributed by atoms with Crippen LogP contribution < -0.4 is 14.8 Å². The number of halogens is 3. The van der Waals surface area contributed by atoms with E-state index in [0.717, 1.165) is 0 Å². The molecule has 2 rings (SSSR count). The largest absolute Gasteiger partial charge is 0.496 e. The fourth-order valence-electron chi connectivity index (χ4n) is 2.00. The van der Waals surface area contributed by atoms with Gasteiger partial charge in [0.1, 0.15) is 17.1 Å². The van der Waals surface area contributed by atoms with Crippen molar-refractivity contribution in [2.24, 2.45) is 0 Å². The number of alkyl halides is 2. The first kappa shape index (κ1) is 19.5. The highest BCUT2D eigenvalue weighted by atomic mass is 35.5. The molecule has 0 fully saturated rings. The maximum absolute atomic E-state index is 12.4. The molecule has 9 heteroatoms. The first-order valence-electron chi connectivity index (χ1n) is 7.25. The monoisotopic (exact) mass is 385 g/mol. The number of nitrogens with one attached hydrogen (secondary N) is 1. The molecule has 0 aliphatic carbocycles. The summed E-state index contributed by atoms with van der Waals surface area (Å²) in [4.78, 5) is 24.0. The van der Waals surface area contributed by atoms with Crippen LogP contribution in [0.1, 0.15) is 10.4 Å². The lowest BCUT2D eigenvalue weighted by molar-refractivity contribution is -0.119. The fourth-order valence-corrected chi connectivity index (χ4v) is 2.18. The molecule has 2 aromatic carbocycles. The van der Waals surface area contributed by atoms with E-state index in [2.05, 4.69) is 10.1 Å². The molecule has 0 saturated heterocycles. The van der Waals surface area contributed by atoms with Gasteiger partial charge in [0.15, 0.2) is 6.61 Å². The van der Waals surface area contributed by atoms with Gasteiger partial charge in [0.25, 0.3) is 5.91 Å². The van der Waals surface area contributed by atoms with Gasteiger partial charge in [0.05, 0.1) is 12.8 Å². The predicted octanol–water partition coefficient (Wildman–Crippen LogP) is 3.75. The maximum atomic E-state index is 12.4. The molecule has 0 atom stereocenters. The zero-order valence-electron chi connectivity index (χ0n) is 13.5. The molecule has 138 valence electrons. The molecule has 0 aromatic heterocycles. The highest BCUT2D eigenvalue weighted by Crippen LogP contribution is 2.26. The van der Waals surface area contributed by atoms with E-state index in [1.807, 2.05) is 0 Å². The van der Waals surface area contributed by atoms with Gasteiger partial charge in [-0.1, -0.05) is 23.7 Å². The summed E-state index contributed by atoms with van der Waals surface area (Å²) < 4.78 is 38.9. The first-order valence-corrected chi connectivity index (χ1v) is 7.63. The van der Waals surface area contributed by atoms with Gasteiger partial charge in [-0.15, -0.1) is 0 Å². The van der Waals surface area contributed by atoms with Crippen LogP contribution in [0.2, 0.25) is 5.02 Å². The van der Waals surface area contributed by atoms with E-state index in [1.165, 1.54) is 49.6 Å². The van der Waals surface area contributed by atoms with Gasteiger partial charge in [-0.25, -0.2) is 4.79 Å². The molecule has 6 nitrogen and oxygen atoms in total. The lowest BCUT2D eigenvalue weighted by Crippen LogP contribution is -2.21. The van der Waals surface area contributed by atoms with Gasteiger partial charge in [-0.2, -0.15) is 8.78 Å². The number of rotatable bonds is 7. The zero-order chi connectivity index (χ0) is 19.1. The number of carbonyl (C=O) groups excluding carboxylic acids is 2. The van der Waals surface area contributed by atoms with Gasteiger partial charge in [-0.3, -0.25) is 4.79 Å². The summed E-state index contributed by atoms with van der Waals surface area (Å²) >= 11 is 5.83. The molecule has 0 aliphatic rings. The Hall–Kier alpha value is -2.87. The van der Waals surface area contributed by atoms with Crippen molar-refractivity contribution in [2.45, 2.75) is 6.61 Å². The zero-order valence-corrected chi connectivity index (χ0v) is 14.3. The standard InChI is InChI=1S/C17H14ClF2NO5/c1-24-13-7-6-10(18)8-11(13)16(23)25-9-15(22)21-12-4-2-3-5-14(12)26-17(19)20/h2-8,17H,9H2,1H3,(H,21,22). The van der Waals surface area contributed by atoms with E-state index in [0.29, 0.717) is 5.02 Å². The van der Waals surface area contributed by atoms with Gasteiger partial charge < -0.3 is 19.5 Å². The summed E-state index contributed by atoms with van der Waals surface area (Å²) in [6.07, 6.45) is 0. The Kier molecular flexibility index (Phi) is 6.74. The average molecular weight is 386 g/mol. The summed E-state index contributed by atoms with van der Waals surface area (Å²) in [5, 5.41) is 2.62. The number of carbonyl (C=O) groups is 2. The van der Waals surface area contributed by atoms with E-state index < -0.39 is 25.1 Å². The second kappa shape index (κ2) is 9.00. The highest BCUT2D eigenvalue weighted by Gasteiger charge is 2.17. The molecule has 0 radical (unpaired) electrons. The summed E-state index contributed by atoms with van der Waals surface area (Å²) in [6.45, 7) is -3.68. The maximum Gasteiger partial charge on any atom is 0.387 e. The van der Waals surface area contributed by atoms with E-state index in [9.17, 15) is 18.4 Å². The van der Waals surface area contributed by atoms with Crippen LogP contribution >= 0.6 is 11.6 Å². The van der Waals surface area contributed by atoms with Crippen molar-refractivity contribution in [1.82, 2.24) is 0 Å². The number of hydrogen-bond donors (Lipinski definition) is 1. The van der Waals surface area contributed by atoms with Crippen molar-refractivity contribution < 1.29 is 32.6 Å². The van der Waals surface area contributed by atoms with Gasteiger partial charge >= 0.3 is 12.6 Å². The van der Waals surface area contributed by atoms with E-state index >= 15 is 0 Å². The number of benzene rings is 2. The molecule has 1 amide bonds. The minimum Gasteiger partial charge on any atom is -0.496 e. The molecular weight excluding hydrogens is 372 g/mol. The predicted molar refractivity (Wildman–Crippen MR) is 90.0 cm³/mol. The first-order chi connectivity index (χ1) is 12.4. The van der Waals surface area contributed by atoms with E-state index in [-0.39, 0.29) is 22.7 Å². The van der Waals surface area contributed by atoms with Crippen molar-refractivity contribution in [3.63, 3.8) is 0 Å². The number of ether oxygens (including phenoxy) is 3. The third kappa shape index (κ3) is 5.32. The Labute approximate surface area is 152 Å². The number of esters is 1. The highest BCUT2D eigenvalue weighted by molar-refractivity contribution is 6.31. The summed E-state index contributed by atoms with van der Waals surface area (Å²) in [5.74, 6) is -1.53. The minimum absolute atomic E-state index is 0.0224. The topological polar surface area (TPSA) is 73.9 Å². The van der Waals surface area contributed by atoms with Crippen molar-refractivity contribution in [2.75, 3.05) is 19.0 Å². The van der Waals surface area contributed by atoms with Crippen LogP contribution in [0.15, 0.2) is 42.5 Å².